The molecule has 0 aromatic heterocycles. The van der Waals surface area contributed by atoms with Crippen LogP contribution in [0.4, 0.5) is 0 Å². The van der Waals surface area contributed by atoms with Gasteiger partial charge in [-0.3, -0.25) is 0 Å². The first kappa shape index (κ1) is 5.44. The summed E-state index contributed by atoms with van der Waals surface area (Å²) in [6.45, 7) is 0. The van der Waals surface area contributed by atoms with Crippen LogP contribution in [0.15, 0.2) is 36.1 Å². The van der Waals surface area contributed by atoms with Crippen LogP contribution in [0, 0.1) is 0 Å². The van der Waals surface area contributed by atoms with Gasteiger partial charge in [0.05, 0.1) is 0 Å². The van der Waals surface area contributed by atoms with E-state index in [-0.39, 0.29) is 0 Å². The lowest BCUT2D eigenvalue weighted by molar-refractivity contribution is 1.94. The minimum atomic E-state index is 0.427. The van der Waals surface area contributed by atoms with Crippen LogP contribution >= 0.6 is 0 Å². The fourth-order valence-corrected chi connectivity index (χ4v) is 1.15. The van der Waals surface area contributed by atoms with Crippen molar-refractivity contribution < 1.29 is 0 Å². The van der Waals surface area contributed by atoms with Crippen molar-refractivity contribution in [2.75, 3.05) is 0 Å². The highest BCUT2D eigenvalue weighted by atomic mass is 28.2. The van der Waals surface area contributed by atoms with Gasteiger partial charge in [0.15, 0.2) is 0 Å². The van der Waals surface area contributed by atoms with E-state index in [1.165, 1.54) is 0 Å². The number of hydrogen-bond acceptors (Lipinski definition) is 0. The van der Waals surface area contributed by atoms with Crippen molar-refractivity contribution in [1.82, 2.24) is 0 Å². The van der Waals surface area contributed by atoms with Crippen molar-refractivity contribution in [3.8, 4) is 0 Å². The zero-order valence-corrected chi connectivity index (χ0v) is 5.77. The number of hydrogen-bond donors (Lipinski definition) is 0. The van der Waals surface area contributed by atoms with Crippen LogP contribution in [-0.2, 0) is 0 Å². The zero-order valence-electron chi connectivity index (χ0n) is 4.62. The molecule has 0 radical (unpaired) electrons. The maximum Gasteiger partial charge on any atom is 0.0198 e. The Hall–Kier alpha value is -0.693. The van der Waals surface area contributed by atoms with Gasteiger partial charge in [-0.15, -0.1) is 0 Å². The molecule has 0 unspecified atom stereocenters. The molecule has 0 saturated carbocycles. The van der Waals surface area contributed by atoms with Gasteiger partial charge in [-0.1, -0.05) is 41.8 Å². The molecule has 0 bridgehead atoms. The number of rotatable bonds is 0. The molecule has 0 nitrogen and oxygen atoms in total. The molecular weight excluding hydrogens is 112 g/mol. The van der Waals surface area contributed by atoms with Crippen molar-refractivity contribution in [2.24, 2.45) is 0 Å². The van der Waals surface area contributed by atoms with E-state index >= 15 is 0 Å². The topological polar surface area (TPSA) is 0 Å². The van der Waals surface area contributed by atoms with E-state index < -0.39 is 0 Å². The van der Waals surface area contributed by atoms with Gasteiger partial charge in [0, 0.05) is 9.13 Å². The quantitative estimate of drug-likeness (QED) is 0.416. The molecule has 0 atom stereocenters. The molecule has 1 heterocycles. The van der Waals surface area contributed by atoms with Crippen molar-refractivity contribution in [2.45, 2.75) is 0 Å². The Morgan fingerprint density at radius 3 is 2.50 bits per heavy atom. The summed E-state index contributed by atoms with van der Waals surface area (Å²) in [7, 11) is 0.427. The van der Waals surface area contributed by atoms with E-state index in [0.29, 0.717) is 9.13 Å². The molecule has 1 heteroatoms. The summed E-state index contributed by atoms with van der Waals surface area (Å²) in [6, 6.07) is 0. The van der Waals surface area contributed by atoms with Crippen LogP contribution in [0.25, 0.3) is 0 Å². The Balaban J connectivity index is 2.67. The maximum absolute atomic E-state index is 2.21. The summed E-state index contributed by atoms with van der Waals surface area (Å²) >= 11 is 0. The standard InChI is InChI=1S/C7H8Si/c1-2-4-6-8-7-5-3-1/h1-8H. The van der Waals surface area contributed by atoms with E-state index in [9.17, 15) is 0 Å². The first-order chi connectivity index (χ1) is 4.00. The SMILES string of the molecule is C1=CC=C[SiH]=CC=C1. The molecule has 1 aliphatic rings. The molecular formula is C7H8Si. The third-order valence-corrected chi connectivity index (χ3v) is 1.78. The minimum absolute atomic E-state index is 0.427. The van der Waals surface area contributed by atoms with Crippen molar-refractivity contribution >= 4 is 14.8 Å². The highest BCUT2D eigenvalue weighted by Crippen LogP contribution is 1.79. The second kappa shape index (κ2) is 3.33. The van der Waals surface area contributed by atoms with E-state index in [2.05, 4.69) is 35.7 Å². The Bertz CT molecular complexity index is 105. The van der Waals surface area contributed by atoms with Crippen LogP contribution in [0.5, 0.6) is 0 Å². The van der Waals surface area contributed by atoms with Crippen LogP contribution in [0.3, 0.4) is 0 Å². The van der Waals surface area contributed by atoms with E-state index in [0.717, 1.165) is 0 Å². The van der Waals surface area contributed by atoms with Gasteiger partial charge in [0.1, 0.15) is 0 Å². The molecule has 0 saturated heterocycles. The smallest absolute Gasteiger partial charge is 0.0198 e. The van der Waals surface area contributed by atoms with Gasteiger partial charge >= 0.3 is 0 Å². The molecule has 0 aromatic rings. The molecule has 0 N–H and O–H groups in total. The number of allylic oxidation sites excluding steroid dienone is 5. The largest absolute Gasteiger partial charge is 0.0805 e. The Morgan fingerprint density at radius 1 is 0.750 bits per heavy atom. The summed E-state index contributed by atoms with van der Waals surface area (Å²) < 4.78 is 0. The highest BCUT2D eigenvalue weighted by molar-refractivity contribution is 6.53. The van der Waals surface area contributed by atoms with E-state index in [4.69, 9.17) is 0 Å². The Morgan fingerprint density at radius 2 is 1.50 bits per heavy atom. The van der Waals surface area contributed by atoms with E-state index in [1.807, 2.05) is 6.08 Å². The van der Waals surface area contributed by atoms with Crippen molar-refractivity contribution in [3.05, 3.63) is 36.1 Å². The summed E-state index contributed by atoms with van der Waals surface area (Å²) in [5.74, 6) is 0. The van der Waals surface area contributed by atoms with E-state index in [1.54, 1.807) is 0 Å². The lowest BCUT2D eigenvalue weighted by Gasteiger charge is -1.76. The zero-order chi connectivity index (χ0) is 5.66. The lowest BCUT2D eigenvalue weighted by Crippen LogP contribution is -1.74. The second-order valence-corrected chi connectivity index (χ2v) is 2.69. The maximum atomic E-state index is 2.21. The first-order valence-corrected chi connectivity index (χ1v) is 4.00. The first-order valence-electron chi connectivity index (χ1n) is 2.67. The predicted molar refractivity (Wildman–Crippen MR) is 40.6 cm³/mol. The van der Waals surface area contributed by atoms with Crippen LogP contribution in [-0.4, -0.2) is 14.8 Å². The van der Waals surface area contributed by atoms with Gasteiger partial charge in [-0.05, 0) is 0 Å². The normalized spacial score (nSPS) is 16.0. The Kier molecular flexibility index (Phi) is 2.26. The second-order valence-electron chi connectivity index (χ2n) is 1.54. The lowest BCUT2D eigenvalue weighted by atomic mass is 10.4. The highest BCUT2D eigenvalue weighted by Gasteiger charge is 1.65. The molecule has 8 heavy (non-hydrogen) atoms. The molecule has 40 valence electrons. The van der Waals surface area contributed by atoms with Crippen LogP contribution in [0.2, 0.25) is 0 Å². The van der Waals surface area contributed by atoms with Gasteiger partial charge in [0.25, 0.3) is 0 Å². The van der Waals surface area contributed by atoms with Gasteiger partial charge in [0.2, 0.25) is 0 Å². The third kappa shape index (κ3) is 1.84. The summed E-state index contributed by atoms with van der Waals surface area (Å²) in [6.07, 6.45) is 10.3. The molecule has 0 spiro atoms. The fraction of sp³-hybridized carbons (Fsp3) is 0. The average Bonchev–Trinajstić information content (AvgIpc) is 1.62. The van der Waals surface area contributed by atoms with Crippen LogP contribution < -0.4 is 0 Å². The minimum Gasteiger partial charge on any atom is -0.0805 e. The predicted octanol–water partition coefficient (Wildman–Crippen LogP) is 0.865. The molecule has 0 fully saturated rings. The average molecular weight is 120 g/mol. The van der Waals surface area contributed by atoms with Crippen molar-refractivity contribution in [3.63, 3.8) is 0 Å². The van der Waals surface area contributed by atoms with Gasteiger partial charge < -0.3 is 0 Å². The fourth-order valence-electron chi connectivity index (χ4n) is 0.513. The Labute approximate surface area is 51.7 Å². The summed E-state index contributed by atoms with van der Waals surface area (Å²) in [4.78, 5) is 0. The molecule has 0 amide bonds. The third-order valence-electron chi connectivity index (χ3n) is 0.889. The van der Waals surface area contributed by atoms with Crippen molar-refractivity contribution in [1.29, 1.82) is 0 Å². The molecule has 0 aliphatic carbocycles. The monoisotopic (exact) mass is 120 g/mol. The van der Waals surface area contributed by atoms with Gasteiger partial charge in [-0.25, -0.2) is 0 Å². The molecule has 1 rings (SSSR count). The van der Waals surface area contributed by atoms with Gasteiger partial charge in [-0.2, -0.15) is 0 Å². The summed E-state index contributed by atoms with van der Waals surface area (Å²) in [5, 5.41) is 0. The molecule has 1 aliphatic heterocycles. The summed E-state index contributed by atoms with van der Waals surface area (Å²) in [5.41, 5.74) is 4.42. The molecule has 0 aromatic carbocycles. The van der Waals surface area contributed by atoms with Crippen LogP contribution in [0.1, 0.15) is 0 Å².